The monoisotopic (exact) mass is 434 g/mol. The summed E-state index contributed by atoms with van der Waals surface area (Å²) in [5.74, 6) is 0.507. The van der Waals surface area contributed by atoms with Crippen molar-refractivity contribution < 1.29 is 14.3 Å². The molecule has 7 heteroatoms. The summed E-state index contributed by atoms with van der Waals surface area (Å²) >= 11 is 9.44. The van der Waals surface area contributed by atoms with E-state index in [4.69, 9.17) is 21.1 Å². The van der Waals surface area contributed by atoms with Crippen molar-refractivity contribution in [3.05, 3.63) is 57.0 Å². The number of benzene rings is 2. The number of nitriles is 1. The number of para-hydroxylation sites is 1. The minimum Gasteiger partial charge on any atom is -0.492 e. The van der Waals surface area contributed by atoms with Gasteiger partial charge in [0.05, 0.1) is 28.9 Å². The number of amides is 1. The van der Waals surface area contributed by atoms with Gasteiger partial charge in [0, 0.05) is 0 Å². The molecular weight excluding hydrogens is 420 g/mol. The second-order valence-electron chi connectivity index (χ2n) is 5.07. The van der Waals surface area contributed by atoms with E-state index in [9.17, 15) is 10.1 Å². The van der Waals surface area contributed by atoms with Crippen LogP contribution >= 0.6 is 27.5 Å². The van der Waals surface area contributed by atoms with Crippen molar-refractivity contribution in [2.75, 3.05) is 19.0 Å². The fourth-order valence-corrected chi connectivity index (χ4v) is 3.00. The average Bonchev–Trinajstić information content (AvgIpc) is 2.61. The smallest absolute Gasteiger partial charge is 0.266 e. The molecule has 2 rings (SSSR count). The number of nitrogens with one attached hydrogen (secondary N) is 1. The summed E-state index contributed by atoms with van der Waals surface area (Å²) in [6.45, 7) is 2.31. The van der Waals surface area contributed by atoms with Gasteiger partial charge in [0.2, 0.25) is 0 Å². The van der Waals surface area contributed by atoms with Crippen molar-refractivity contribution >= 4 is 45.2 Å². The molecule has 26 heavy (non-hydrogen) atoms. The number of nitrogens with zero attached hydrogens (tertiary/aromatic N) is 1. The minimum atomic E-state index is -0.550. The number of methoxy groups -OCH3 is 1. The largest absolute Gasteiger partial charge is 0.492 e. The number of hydrogen-bond donors (Lipinski definition) is 1. The van der Waals surface area contributed by atoms with Gasteiger partial charge in [-0.3, -0.25) is 4.79 Å². The molecule has 0 aliphatic rings. The van der Waals surface area contributed by atoms with Crippen molar-refractivity contribution in [3.8, 4) is 17.6 Å². The SMILES string of the molecule is CCOc1cc(/C=C(\C#N)C(=O)Nc2ccccc2Cl)cc(Br)c1OC. The maximum absolute atomic E-state index is 12.4. The Balaban J connectivity index is 2.35. The third-order valence-electron chi connectivity index (χ3n) is 3.33. The van der Waals surface area contributed by atoms with Gasteiger partial charge in [0.25, 0.3) is 5.91 Å². The maximum atomic E-state index is 12.4. The number of carbonyl (C=O) groups excluding carboxylic acids is 1. The van der Waals surface area contributed by atoms with Crippen LogP contribution in [0.25, 0.3) is 6.08 Å². The first kappa shape index (κ1) is 19.8. The van der Waals surface area contributed by atoms with Gasteiger partial charge in [0.1, 0.15) is 11.6 Å². The van der Waals surface area contributed by atoms with Gasteiger partial charge < -0.3 is 14.8 Å². The Labute approximate surface area is 165 Å². The third kappa shape index (κ3) is 4.78. The predicted octanol–water partition coefficient (Wildman–Crippen LogP) is 5.06. The van der Waals surface area contributed by atoms with Crippen LogP contribution in [0.2, 0.25) is 5.02 Å². The second kappa shape index (κ2) is 9.27. The predicted molar refractivity (Wildman–Crippen MR) is 106 cm³/mol. The van der Waals surface area contributed by atoms with E-state index in [2.05, 4.69) is 21.2 Å². The summed E-state index contributed by atoms with van der Waals surface area (Å²) in [5.41, 5.74) is 0.989. The number of hydrogen-bond acceptors (Lipinski definition) is 4. The molecule has 5 nitrogen and oxygen atoms in total. The highest BCUT2D eigenvalue weighted by Crippen LogP contribution is 2.37. The van der Waals surface area contributed by atoms with Crippen LogP contribution < -0.4 is 14.8 Å². The summed E-state index contributed by atoms with van der Waals surface area (Å²) in [4.78, 5) is 12.4. The fraction of sp³-hybridized carbons (Fsp3) is 0.158. The molecule has 0 saturated heterocycles. The zero-order valence-corrected chi connectivity index (χ0v) is 16.5. The van der Waals surface area contributed by atoms with Crippen molar-refractivity contribution in [2.45, 2.75) is 6.92 Å². The molecule has 0 aliphatic carbocycles. The van der Waals surface area contributed by atoms with Crippen LogP contribution in [0.15, 0.2) is 46.4 Å². The lowest BCUT2D eigenvalue weighted by Gasteiger charge is -2.12. The van der Waals surface area contributed by atoms with Crippen molar-refractivity contribution in [3.63, 3.8) is 0 Å². The molecule has 0 fully saturated rings. The molecule has 134 valence electrons. The zero-order valence-electron chi connectivity index (χ0n) is 14.2. The Morgan fingerprint density at radius 3 is 2.73 bits per heavy atom. The van der Waals surface area contributed by atoms with Crippen molar-refractivity contribution in [2.24, 2.45) is 0 Å². The van der Waals surface area contributed by atoms with Gasteiger partial charge in [-0.25, -0.2) is 0 Å². The molecule has 2 aromatic rings. The first-order valence-electron chi connectivity index (χ1n) is 7.68. The Morgan fingerprint density at radius 2 is 2.12 bits per heavy atom. The Kier molecular flexibility index (Phi) is 7.07. The molecule has 0 aliphatic heterocycles. The van der Waals surface area contributed by atoms with Crippen LogP contribution in [0.3, 0.4) is 0 Å². The number of carbonyl (C=O) groups is 1. The lowest BCUT2D eigenvalue weighted by Crippen LogP contribution is -2.13. The van der Waals surface area contributed by atoms with Crippen LogP contribution in [-0.4, -0.2) is 19.6 Å². The van der Waals surface area contributed by atoms with Crippen LogP contribution in [0.4, 0.5) is 5.69 Å². The highest BCUT2D eigenvalue weighted by Gasteiger charge is 2.14. The molecule has 0 heterocycles. The molecule has 0 bridgehead atoms. The maximum Gasteiger partial charge on any atom is 0.266 e. The van der Waals surface area contributed by atoms with E-state index in [0.29, 0.717) is 38.9 Å². The molecule has 2 aromatic carbocycles. The molecule has 1 N–H and O–H groups in total. The lowest BCUT2D eigenvalue weighted by molar-refractivity contribution is -0.112. The number of anilines is 1. The first-order chi connectivity index (χ1) is 12.5. The molecule has 0 unspecified atom stereocenters. The lowest BCUT2D eigenvalue weighted by atomic mass is 10.1. The topological polar surface area (TPSA) is 71.3 Å². The van der Waals surface area contributed by atoms with Crippen LogP contribution in [-0.2, 0) is 4.79 Å². The zero-order chi connectivity index (χ0) is 19.1. The standard InChI is InChI=1S/C19H16BrClN2O3/c1-3-26-17-10-12(9-14(20)18(17)25-2)8-13(11-22)19(24)23-16-7-5-4-6-15(16)21/h4-10H,3H2,1-2H3,(H,23,24)/b13-8+. The average molecular weight is 436 g/mol. The quantitative estimate of drug-likeness (QED) is 0.509. The van der Waals surface area contributed by atoms with Gasteiger partial charge in [-0.15, -0.1) is 0 Å². The van der Waals surface area contributed by atoms with Crippen molar-refractivity contribution in [1.29, 1.82) is 5.26 Å². The van der Waals surface area contributed by atoms with E-state index in [-0.39, 0.29) is 5.57 Å². The van der Waals surface area contributed by atoms with E-state index >= 15 is 0 Å². The summed E-state index contributed by atoms with van der Waals surface area (Å²) in [7, 11) is 1.54. The number of rotatable bonds is 6. The summed E-state index contributed by atoms with van der Waals surface area (Å²) in [6.07, 6.45) is 1.47. The van der Waals surface area contributed by atoms with Crippen LogP contribution in [0.1, 0.15) is 12.5 Å². The Hall–Kier alpha value is -2.49. The number of ether oxygens (including phenoxy) is 2. The fourth-order valence-electron chi connectivity index (χ4n) is 2.20. The van der Waals surface area contributed by atoms with E-state index < -0.39 is 5.91 Å². The van der Waals surface area contributed by atoms with E-state index in [1.165, 1.54) is 13.2 Å². The first-order valence-corrected chi connectivity index (χ1v) is 8.85. The van der Waals surface area contributed by atoms with Gasteiger partial charge in [-0.2, -0.15) is 5.26 Å². The summed E-state index contributed by atoms with van der Waals surface area (Å²) in [5, 5.41) is 12.4. The molecular formula is C19H16BrClN2O3. The molecule has 1 amide bonds. The van der Waals surface area contributed by atoms with Crippen molar-refractivity contribution in [1.82, 2.24) is 0 Å². The number of halogens is 2. The summed E-state index contributed by atoms with van der Waals surface area (Å²) in [6, 6.07) is 12.2. The molecule has 0 saturated carbocycles. The van der Waals surface area contributed by atoms with Crippen LogP contribution in [0, 0.1) is 11.3 Å². The summed E-state index contributed by atoms with van der Waals surface area (Å²) < 4.78 is 11.5. The van der Waals surface area contributed by atoms with E-state index in [1.807, 2.05) is 13.0 Å². The van der Waals surface area contributed by atoms with Crippen LogP contribution in [0.5, 0.6) is 11.5 Å². The molecule has 0 atom stereocenters. The van der Waals surface area contributed by atoms with Gasteiger partial charge in [-0.1, -0.05) is 23.7 Å². The molecule has 0 spiro atoms. The molecule has 0 aromatic heterocycles. The second-order valence-corrected chi connectivity index (χ2v) is 6.33. The van der Waals surface area contributed by atoms with E-state index in [1.54, 1.807) is 36.4 Å². The van der Waals surface area contributed by atoms with Gasteiger partial charge in [0.15, 0.2) is 11.5 Å². The third-order valence-corrected chi connectivity index (χ3v) is 4.25. The molecule has 0 radical (unpaired) electrons. The normalized spacial score (nSPS) is 10.8. The van der Waals surface area contributed by atoms with E-state index in [0.717, 1.165) is 0 Å². The highest BCUT2D eigenvalue weighted by molar-refractivity contribution is 9.10. The Bertz CT molecular complexity index is 891. The Morgan fingerprint density at radius 1 is 1.38 bits per heavy atom. The minimum absolute atomic E-state index is 0.0653. The van der Waals surface area contributed by atoms with Gasteiger partial charge in [-0.05, 0) is 58.8 Å². The highest BCUT2D eigenvalue weighted by atomic mass is 79.9. The van der Waals surface area contributed by atoms with Gasteiger partial charge >= 0.3 is 0 Å².